The van der Waals surface area contributed by atoms with Crippen LogP contribution in [0, 0.1) is 0 Å². The molecule has 0 atom stereocenters. The monoisotopic (exact) mass is 484 g/mol. The van der Waals surface area contributed by atoms with Crippen molar-refractivity contribution in [2.24, 2.45) is 0 Å². The van der Waals surface area contributed by atoms with Crippen LogP contribution in [0.3, 0.4) is 0 Å². The van der Waals surface area contributed by atoms with Gasteiger partial charge in [0.15, 0.2) is 0 Å². The van der Waals surface area contributed by atoms with E-state index < -0.39 is 0 Å². The quantitative estimate of drug-likeness (QED) is 0.183. The molecule has 0 aliphatic rings. The number of hydrogen-bond donors (Lipinski definition) is 0. The number of benzene rings is 6. The van der Waals surface area contributed by atoms with Gasteiger partial charge in [0.25, 0.3) is 0 Å². The fourth-order valence-corrected chi connectivity index (χ4v) is 5.48. The lowest BCUT2D eigenvalue weighted by atomic mass is 9.94. The maximum atomic E-state index is 5.12. The third-order valence-corrected chi connectivity index (χ3v) is 7.35. The molecule has 6 aromatic carbocycles. The highest BCUT2D eigenvalue weighted by Gasteiger charge is 2.12. The van der Waals surface area contributed by atoms with Gasteiger partial charge in [-0.05, 0) is 79.8 Å². The van der Waals surface area contributed by atoms with Crippen molar-refractivity contribution in [1.82, 2.24) is 19.9 Å². The Balaban J connectivity index is 1.33. The molecule has 0 amide bonds. The second-order valence-corrected chi connectivity index (χ2v) is 9.61. The first kappa shape index (κ1) is 20.9. The number of hydrogen-bond acceptors (Lipinski definition) is 4. The molecule has 0 spiro atoms. The van der Waals surface area contributed by atoms with Crippen molar-refractivity contribution in [1.29, 1.82) is 0 Å². The third kappa shape index (κ3) is 3.31. The minimum absolute atomic E-state index is 0.863. The second kappa shape index (κ2) is 8.15. The standard InChI is InChI=1S/C34H20N4/c1-2-5-23-17-28-26(16-22(23)4-1)9-8-21-6-3-7-27(34(21)28)33-20-37-30-13-11-25(19-32(30)38-33)24-10-12-29-31(18-24)36-15-14-35-29/h1-20H. The molecule has 4 nitrogen and oxygen atoms in total. The minimum Gasteiger partial charge on any atom is -0.253 e. The van der Waals surface area contributed by atoms with Gasteiger partial charge in [0, 0.05) is 18.0 Å². The van der Waals surface area contributed by atoms with Crippen LogP contribution in [0.4, 0.5) is 0 Å². The Morgan fingerprint density at radius 3 is 1.97 bits per heavy atom. The lowest BCUT2D eigenvalue weighted by Crippen LogP contribution is -1.92. The van der Waals surface area contributed by atoms with E-state index in [1.54, 1.807) is 12.4 Å². The Morgan fingerprint density at radius 1 is 0.447 bits per heavy atom. The summed E-state index contributed by atoms with van der Waals surface area (Å²) >= 11 is 0. The van der Waals surface area contributed by atoms with Crippen molar-refractivity contribution in [2.45, 2.75) is 0 Å². The zero-order valence-electron chi connectivity index (χ0n) is 20.3. The molecule has 8 aromatic rings. The van der Waals surface area contributed by atoms with Crippen LogP contribution >= 0.6 is 0 Å². The normalized spacial score (nSPS) is 11.7. The number of fused-ring (bicyclic) bond motifs is 6. The molecule has 0 saturated carbocycles. The molecule has 38 heavy (non-hydrogen) atoms. The summed E-state index contributed by atoms with van der Waals surface area (Å²) < 4.78 is 0. The number of nitrogens with zero attached hydrogens (tertiary/aromatic N) is 4. The van der Waals surface area contributed by atoms with Gasteiger partial charge < -0.3 is 0 Å². The van der Waals surface area contributed by atoms with Crippen LogP contribution in [0.15, 0.2) is 122 Å². The lowest BCUT2D eigenvalue weighted by Gasteiger charge is -2.12. The van der Waals surface area contributed by atoms with Gasteiger partial charge in [-0.2, -0.15) is 0 Å². The van der Waals surface area contributed by atoms with Crippen LogP contribution in [0.1, 0.15) is 0 Å². The molecule has 0 N–H and O–H groups in total. The Labute approximate surface area is 218 Å². The van der Waals surface area contributed by atoms with Crippen LogP contribution in [0.2, 0.25) is 0 Å². The highest BCUT2D eigenvalue weighted by atomic mass is 14.8. The molecule has 0 aliphatic carbocycles. The molecule has 0 unspecified atom stereocenters. The molecule has 0 bridgehead atoms. The van der Waals surface area contributed by atoms with Crippen molar-refractivity contribution >= 4 is 54.4 Å². The Morgan fingerprint density at radius 2 is 1.13 bits per heavy atom. The SMILES string of the molecule is c1ccc2cc3c(ccc4cccc(-c5cnc6ccc(-c7ccc8nccnc8c7)cc6n5)c43)cc2c1. The van der Waals surface area contributed by atoms with E-state index in [2.05, 4.69) is 101 Å². The summed E-state index contributed by atoms with van der Waals surface area (Å²) in [6.45, 7) is 0. The summed E-state index contributed by atoms with van der Waals surface area (Å²) in [5.41, 5.74) is 7.60. The van der Waals surface area contributed by atoms with Gasteiger partial charge in [0.2, 0.25) is 0 Å². The number of rotatable bonds is 2. The van der Waals surface area contributed by atoms with Crippen LogP contribution in [0.5, 0.6) is 0 Å². The van der Waals surface area contributed by atoms with E-state index in [-0.39, 0.29) is 0 Å². The Hall–Kier alpha value is -5.22. The summed E-state index contributed by atoms with van der Waals surface area (Å²) in [6, 6.07) is 36.3. The molecule has 0 saturated heterocycles. The highest BCUT2D eigenvalue weighted by molar-refractivity contribution is 6.17. The van der Waals surface area contributed by atoms with Gasteiger partial charge >= 0.3 is 0 Å². The van der Waals surface area contributed by atoms with E-state index in [1.165, 1.54) is 32.3 Å². The highest BCUT2D eigenvalue weighted by Crippen LogP contribution is 2.36. The fraction of sp³-hybridized carbons (Fsp3) is 0. The van der Waals surface area contributed by atoms with Gasteiger partial charge in [-0.3, -0.25) is 15.0 Å². The maximum Gasteiger partial charge on any atom is 0.0900 e. The smallest absolute Gasteiger partial charge is 0.0900 e. The molecular formula is C34H20N4. The molecule has 2 aromatic heterocycles. The summed E-state index contributed by atoms with van der Waals surface area (Å²) in [7, 11) is 0. The van der Waals surface area contributed by atoms with Crippen molar-refractivity contribution in [3.63, 3.8) is 0 Å². The summed E-state index contributed by atoms with van der Waals surface area (Å²) in [6.07, 6.45) is 5.33. The van der Waals surface area contributed by atoms with Gasteiger partial charge in [-0.15, -0.1) is 0 Å². The maximum absolute atomic E-state index is 5.12. The Bertz CT molecular complexity index is 2200. The molecule has 0 fully saturated rings. The van der Waals surface area contributed by atoms with E-state index in [1.807, 2.05) is 18.3 Å². The lowest BCUT2D eigenvalue weighted by molar-refractivity contribution is 1.29. The van der Waals surface area contributed by atoms with Crippen molar-refractivity contribution < 1.29 is 0 Å². The van der Waals surface area contributed by atoms with Gasteiger partial charge in [0.1, 0.15) is 0 Å². The van der Waals surface area contributed by atoms with Crippen LogP contribution in [0.25, 0.3) is 76.8 Å². The zero-order valence-corrected chi connectivity index (χ0v) is 20.3. The second-order valence-electron chi connectivity index (χ2n) is 9.61. The fourth-order valence-electron chi connectivity index (χ4n) is 5.48. The van der Waals surface area contributed by atoms with Gasteiger partial charge in [-0.25, -0.2) is 4.98 Å². The van der Waals surface area contributed by atoms with E-state index >= 15 is 0 Å². The first-order valence-electron chi connectivity index (χ1n) is 12.6. The summed E-state index contributed by atoms with van der Waals surface area (Å²) in [4.78, 5) is 18.8. The first-order valence-corrected chi connectivity index (χ1v) is 12.6. The summed E-state index contributed by atoms with van der Waals surface area (Å²) in [5.74, 6) is 0. The average Bonchev–Trinajstić information content (AvgIpc) is 2.99. The molecule has 2 heterocycles. The molecule has 0 aliphatic heterocycles. The molecule has 4 heteroatoms. The van der Waals surface area contributed by atoms with Crippen molar-refractivity contribution in [3.8, 4) is 22.4 Å². The largest absolute Gasteiger partial charge is 0.253 e. The third-order valence-electron chi connectivity index (χ3n) is 7.35. The van der Waals surface area contributed by atoms with Crippen LogP contribution < -0.4 is 0 Å². The molecule has 8 rings (SSSR count). The van der Waals surface area contributed by atoms with E-state index in [4.69, 9.17) is 9.97 Å². The minimum atomic E-state index is 0.863. The predicted molar refractivity (Wildman–Crippen MR) is 156 cm³/mol. The van der Waals surface area contributed by atoms with E-state index in [0.717, 1.165) is 44.5 Å². The first-order chi connectivity index (χ1) is 18.8. The van der Waals surface area contributed by atoms with Gasteiger partial charge in [0.05, 0.1) is 34.0 Å². The average molecular weight is 485 g/mol. The van der Waals surface area contributed by atoms with Crippen LogP contribution in [-0.4, -0.2) is 19.9 Å². The predicted octanol–water partition coefficient (Wildman–Crippen LogP) is 8.37. The van der Waals surface area contributed by atoms with Gasteiger partial charge in [-0.1, -0.05) is 66.7 Å². The van der Waals surface area contributed by atoms with Crippen LogP contribution in [-0.2, 0) is 0 Å². The van der Waals surface area contributed by atoms with Crippen molar-refractivity contribution in [3.05, 3.63) is 122 Å². The van der Waals surface area contributed by atoms with E-state index in [9.17, 15) is 0 Å². The van der Waals surface area contributed by atoms with Crippen molar-refractivity contribution in [2.75, 3.05) is 0 Å². The number of aromatic nitrogens is 4. The zero-order chi connectivity index (χ0) is 25.1. The molecule has 176 valence electrons. The topological polar surface area (TPSA) is 51.6 Å². The molecular weight excluding hydrogens is 464 g/mol. The Kier molecular flexibility index (Phi) is 4.49. The molecule has 0 radical (unpaired) electrons. The van der Waals surface area contributed by atoms with E-state index in [0.29, 0.717) is 0 Å². The summed E-state index contributed by atoms with van der Waals surface area (Å²) in [5, 5.41) is 7.32.